The third kappa shape index (κ3) is 0.903. The lowest BCUT2D eigenvalue weighted by Crippen LogP contribution is -2.29. The standard InChI is InChI=1S/C12H14O/c1-7-4-10-8-2-3-9(6-8)12(10)11(13)5-7/h2-3,5,8-10,12H,4,6H2,1H3. The Morgan fingerprint density at radius 3 is 2.92 bits per heavy atom. The molecule has 1 nitrogen and oxygen atoms in total. The Hall–Kier alpha value is -0.850. The summed E-state index contributed by atoms with van der Waals surface area (Å²) in [6.07, 6.45) is 8.86. The van der Waals surface area contributed by atoms with Gasteiger partial charge in [-0.15, -0.1) is 0 Å². The average Bonchev–Trinajstić information content (AvgIpc) is 2.62. The highest BCUT2D eigenvalue weighted by atomic mass is 16.1. The van der Waals surface area contributed by atoms with E-state index in [4.69, 9.17) is 0 Å². The molecule has 0 aromatic carbocycles. The summed E-state index contributed by atoms with van der Waals surface area (Å²) < 4.78 is 0. The Kier molecular flexibility index (Phi) is 1.36. The summed E-state index contributed by atoms with van der Waals surface area (Å²) in [5, 5.41) is 0. The van der Waals surface area contributed by atoms with Gasteiger partial charge in [-0.3, -0.25) is 4.79 Å². The van der Waals surface area contributed by atoms with E-state index in [1.54, 1.807) is 0 Å². The van der Waals surface area contributed by atoms with Gasteiger partial charge in [-0.25, -0.2) is 0 Å². The van der Waals surface area contributed by atoms with E-state index >= 15 is 0 Å². The minimum atomic E-state index is 0.346. The summed E-state index contributed by atoms with van der Waals surface area (Å²) in [6.45, 7) is 2.09. The number of carbonyl (C=O) groups excluding carboxylic acids is 1. The summed E-state index contributed by atoms with van der Waals surface area (Å²) in [5.74, 6) is 2.67. The number of allylic oxidation sites excluding steroid dienone is 4. The molecule has 68 valence electrons. The molecule has 0 amide bonds. The average molecular weight is 174 g/mol. The highest BCUT2D eigenvalue weighted by Crippen LogP contribution is 2.52. The molecule has 2 bridgehead atoms. The molecule has 3 aliphatic carbocycles. The molecule has 1 saturated carbocycles. The number of hydrogen-bond donors (Lipinski definition) is 0. The summed E-state index contributed by atoms with van der Waals surface area (Å²) in [6, 6.07) is 0. The summed E-state index contributed by atoms with van der Waals surface area (Å²) in [7, 11) is 0. The first kappa shape index (κ1) is 7.54. The number of ketones is 1. The lowest BCUT2D eigenvalue weighted by atomic mass is 9.73. The topological polar surface area (TPSA) is 17.1 Å². The molecule has 0 aromatic rings. The summed E-state index contributed by atoms with van der Waals surface area (Å²) in [4.78, 5) is 11.8. The van der Waals surface area contributed by atoms with Crippen LogP contribution >= 0.6 is 0 Å². The fourth-order valence-electron chi connectivity index (χ4n) is 3.39. The van der Waals surface area contributed by atoms with Crippen molar-refractivity contribution in [2.24, 2.45) is 23.7 Å². The van der Waals surface area contributed by atoms with Crippen molar-refractivity contribution in [3.05, 3.63) is 23.8 Å². The van der Waals surface area contributed by atoms with E-state index in [1.807, 2.05) is 6.08 Å². The van der Waals surface area contributed by atoms with Crippen LogP contribution in [0, 0.1) is 23.7 Å². The molecule has 3 aliphatic rings. The Labute approximate surface area is 78.5 Å². The molecule has 0 N–H and O–H groups in total. The number of fused-ring (bicyclic) bond motifs is 5. The van der Waals surface area contributed by atoms with Gasteiger partial charge in [-0.2, -0.15) is 0 Å². The first-order valence-corrected chi connectivity index (χ1v) is 5.15. The third-order valence-corrected chi connectivity index (χ3v) is 3.90. The Morgan fingerprint density at radius 2 is 2.08 bits per heavy atom. The monoisotopic (exact) mass is 174 g/mol. The Balaban J connectivity index is 2.01. The first-order chi connectivity index (χ1) is 6.25. The van der Waals surface area contributed by atoms with Crippen LogP contribution in [-0.4, -0.2) is 5.78 Å². The molecule has 1 heteroatoms. The van der Waals surface area contributed by atoms with Crippen molar-refractivity contribution >= 4 is 5.78 Å². The number of carbonyl (C=O) groups is 1. The van der Waals surface area contributed by atoms with E-state index in [0.717, 1.165) is 6.42 Å². The maximum atomic E-state index is 11.8. The van der Waals surface area contributed by atoms with Crippen LogP contribution in [0.25, 0.3) is 0 Å². The number of rotatable bonds is 0. The Morgan fingerprint density at radius 1 is 1.31 bits per heavy atom. The lowest BCUT2D eigenvalue weighted by Gasteiger charge is -2.29. The first-order valence-electron chi connectivity index (χ1n) is 5.15. The zero-order valence-electron chi connectivity index (χ0n) is 7.86. The maximum absolute atomic E-state index is 11.8. The van der Waals surface area contributed by atoms with Crippen molar-refractivity contribution in [3.8, 4) is 0 Å². The zero-order valence-corrected chi connectivity index (χ0v) is 7.86. The predicted molar refractivity (Wildman–Crippen MR) is 51.1 cm³/mol. The van der Waals surface area contributed by atoms with E-state index in [0.29, 0.717) is 29.5 Å². The molecule has 13 heavy (non-hydrogen) atoms. The normalized spacial score (nSPS) is 46.5. The van der Waals surface area contributed by atoms with Crippen molar-refractivity contribution < 1.29 is 4.79 Å². The maximum Gasteiger partial charge on any atom is 0.159 e. The molecule has 1 fully saturated rings. The van der Waals surface area contributed by atoms with E-state index in [1.165, 1.54) is 12.0 Å². The van der Waals surface area contributed by atoms with Crippen LogP contribution in [0.2, 0.25) is 0 Å². The van der Waals surface area contributed by atoms with Crippen molar-refractivity contribution in [3.63, 3.8) is 0 Å². The van der Waals surface area contributed by atoms with Gasteiger partial charge < -0.3 is 0 Å². The quantitative estimate of drug-likeness (QED) is 0.515. The fraction of sp³-hybridized carbons (Fsp3) is 0.583. The summed E-state index contributed by atoms with van der Waals surface area (Å²) in [5.41, 5.74) is 1.28. The molecule has 0 spiro atoms. The van der Waals surface area contributed by atoms with E-state index in [-0.39, 0.29) is 0 Å². The lowest BCUT2D eigenvalue weighted by molar-refractivity contribution is -0.120. The predicted octanol–water partition coefficient (Wildman–Crippen LogP) is 2.34. The molecular weight excluding hydrogens is 160 g/mol. The van der Waals surface area contributed by atoms with Crippen molar-refractivity contribution in [1.29, 1.82) is 0 Å². The minimum Gasteiger partial charge on any atom is -0.295 e. The van der Waals surface area contributed by atoms with Crippen molar-refractivity contribution in [2.75, 3.05) is 0 Å². The van der Waals surface area contributed by atoms with Gasteiger partial charge in [0.15, 0.2) is 5.78 Å². The molecule has 0 aliphatic heterocycles. The molecule has 4 atom stereocenters. The van der Waals surface area contributed by atoms with Gasteiger partial charge in [0.25, 0.3) is 0 Å². The van der Waals surface area contributed by atoms with Crippen molar-refractivity contribution in [1.82, 2.24) is 0 Å². The SMILES string of the molecule is CC1=CC(=O)C2C3C=CC(C3)C2C1. The second kappa shape index (κ2) is 2.34. The van der Waals surface area contributed by atoms with Gasteiger partial charge in [0.2, 0.25) is 0 Å². The van der Waals surface area contributed by atoms with E-state index < -0.39 is 0 Å². The van der Waals surface area contributed by atoms with Gasteiger partial charge in [0.1, 0.15) is 0 Å². The third-order valence-electron chi connectivity index (χ3n) is 3.90. The molecule has 0 aromatic heterocycles. The van der Waals surface area contributed by atoms with Gasteiger partial charge in [-0.1, -0.05) is 17.7 Å². The van der Waals surface area contributed by atoms with Crippen LogP contribution in [-0.2, 0) is 4.79 Å². The van der Waals surface area contributed by atoms with Gasteiger partial charge in [-0.05, 0) is 43.6 Å². The molecule has 4 unspecified atom stereocenters. The molecule has 0 heterocycles. The second-order valence-electron chi connectivity index (χ2n) is 4.74. The zero-order chi connectivity index (χ0) is 9.00. The van der Waals surface area contributed by atoms with Crippen LogP contribution in [0.1, 0.15) is 19.8 Å². The van der Waals surface area contributed by atoms with Crippen molar-refractivity contribution in [2.45, 2.75) is 19.8 Å². The van der Waals surface area contributed by atoms with Crippen LogP contribution < -0.4 is 0 Å². The smallest absolute Gasteiger partial charge is 0.159 e. The Bertz CT molecular complexity index is 324. The minimum absolute atomic E-state index is 0.346. The second-order valence-corrected chi connectivity index (χ2v) is 4.74. The largest absolute Gasteiger partial charge is 0.295 e. The van der Waals surface area contributed by atoms with Crippen LogP contribution in [0.15, 0.2) is 23.8 Å². The summed E-state index contributed by atoms with van der Waals surface area (Å²) >= 11 is 0. The van der Waals surface area contributed by atoms with Crippen LogP contribution in [0.5, 0.6) is 0 Å². The highest BCUT2D eigenvalue weighted by molar-refractivity contribution is 5.94. The van der Waals surface area contributed by atoms with E-state index in [2.05, 4.69) is 19.1 Å². The van der Waals surface area contributed by atoms with Crippen LogP contribution in [0.4, 0.5) is 0 Å². The van der Waals surface area contributed by atoms with Gasteiger partial charge in [0, 0.05) is 5.92 Å². The van der Waals surface area contributed by atoms with Gasteiger partial charge in [0.05, 0.1) is 0 Å². The van der Waals surface area contributed by atoms with Crippen LogP contribution in [0.3, 0.4) is 0 Å². The molecule has 0 radical (unpaired) electrons. The number of hydrogen-bond acceptors (Lipinski definition) is 1. The molecular formula is C12H14O. The highest BCUT2D eigenvalue weighted by Gasteiger charge is 2.48. The van der Waals surface area contributed by atoms with E-state index in [9.17, 15) is 4.79 Å². The molecule has 3 rings (SSSR count). The van der Waals surface area contributed by atoms with Gasteiger partial charge >= 0.3 is 0 Å². The fourth-order valence-corrected chi connectivity index (χ4v) is 3.39. The molecule has 0 saturated heterocycles.